The third-order valence-corrected chi connectivity index (χ3v) is 10.1. The molecule has 0 aromatic heterocycles. The Morgan fingerprint density at radius 1 is 1.14 bits per heavy atom. The Morgan fingerprint density at radius 2 is 1.57 bits per heavy atom. The monoisotopic (exact) mass is 316 g/mol. The third kappa shape index (κ3) is 2.47. The summed E-state index contributed by atoms with van der Waals surface area (Å²) < 4.78 is 11.5. The SMILES string of the molecule is COC(=O)[C@@]1(C(C)(C)O)[C@H](O[Si](C)(C)C(C)(C)C)C1(C)C. The van der Waals surface area contributed by atoms with Crippen LogP contribution >= 0.6 is 0 Å². The molecule has 5 heteroatoms. The molecule has 0 amide bonds. The van der Waals surface area contributed by atoms with E-state index in [0.717, 1.165) is 0 Å². The first-order valence-electron chi connectivity index (χ1n) is 7.56. The minimum atomic E-state index is -2.04. The van der Waals surface area contributed by atoms with Gasteiger partial charge in [-0.05, 0) is 32.0 Å². The zero-order valence-corrected chi connectivity index (χ0v) is 16.2. The summed E-state index contributed by atoms with van der Waals surface area (Å²) in [4.78, 5) is 12.5. The number of hydrogen-bond acceptors (Lipinski definition) is 4. The van der Waals surface area contributed by atoms with E-state index in [-0.39, 0.29) is 17.1 Å². The van der Waals surface area contributed by atoms with Crippen LogP contribution in [0.4, 0.5) is 0 Å². The van der Waals surface area contributed by atoms with Crippen LogP contribution in [0.5, 0.6) is 0 Å². The summed E-state index contributed by atoms with van der Waals surface area (Å²) in [6.45, 7) is 18.1. The highest BCUT2D eigenvalue weighted by Gasteiger charge is 2.83. The fraction of sp³-hybridized carbons (Fsp3) is 0.938. The number of ether oxygens (including phenoxy) is 1. The van der Waals surface area contributed by atoms with E-state index in [9.17, 15) is 9.90 Å². The van der Waals surface area contributed by atoms with E-state index in [2.05, 4.69) is 33.9 Å². The lowest BCUT2D eigenvalue weighted by molar-refractivity contribution is -0.161. The van der Waals surface area contributed by atoms with Crippen LogP contribution in [0.3, 0.4) is 0 Å². The number of hydrogen-bond donors (Lipinski definition) is 1. The van der Waals surface area contributed by atoms with Crippen LogP contribution in [0.25, 0.3) is 0 Å². The molecule has 2 atom stereocenters. The summed E-state index contributed by atoms with van der Waals surface area (Å²) in [5, 5.41) is 10.7. The molecular formula is C16H32O4Si. The van der Waals surface area contributed by atoms with Crippen molar-refractivity contribution in [2.45, 2.75) is 78.3 Å². The Morgan fingerprint density at radius 3 is 1.86 bits per heavy atom. The lowest BCUT2D eigenvalue weighted by Crippen LogP contribution is -2.47. The fourth-order valence-electron chi connectivity index (χ4n) is 3.31. The molecule has 1 rings (SSSR count). The first kappa shape index (κ1) is 18.7. The van der Waals surface area contributed by atoms with Crippen molar-refractivity contribution in [3.63, 3.8) is 0 Å². The summed E-state index contributed by atoms with van der Waals surface area (Å²) in [5.74, 6) is -0.385. The molecule has 1 aliphatic carbocycles. The molecule has 0 aromatic carbocycles. The molecule has 0 saturated heterocycles. The van der Waals surface area contributed by atoms with Crippen LogP contribution in [0, 0.1) is 10.8 Å². The van der Waals surface area contributed by atoms with Crippen molar-refractivity contribution >= 4 is 14.3 Å². The standard InChI is InChI=1S/C16H32O4Si/c1-13(2,3)21(9,10)20-11-14(4,5)16(11,12(17)19-8)15(6,7)18/h11,18H,1-10H3/t11-,16+/m1/s1. The molecule has 0 bridgehead atoms. The molecule has 0 aromatic rings. The molecule has 1 N–H and O–H groups in total. The van der Waals surface area contributed by atoms with Gasteiger partial charge < -0.3 is 14.3 Å². The summed E-state index contributed by atoms with van der Waals surface area (Å²) in [7, 11) is -0.671. The van der Waals surface area contributed by atoms with Gasteiger partial charge in [0.25, 0.3) is 0 Å². The molecule has 0 heterocycles. The summed E-state index contributed by atoms with van der Waals surface area (Å²) >= 11 is 0. The van der Waals surface area contributed by atoms with Gasteiger partial charge in [0.15, 0.2) is 8.32 Å². The molecule has 4 nitrogen and oxygen atoms in total. The van der Waals surface area contributed by atoms with Crippen molar-refractivity contribution in [3.8, 4) is 0 Å². The van der Waals surface area contributed by atoms with Crippen LogP contribution in [0.15, 0.2) is 0 Å². The van der Waals surface area contributed by atoms with E-state index in [1.165, 1.54) is 7.11 Å². The van der Waals surface area contributed by atoms with Crippen LogP contribution in [-0.4, -0.2) is 38.2 Å². The molecule has 0 spiro atoms. The van der Waals surface area contributed by atoms with E-state index in [0.29, 0.717) is 0 Å². The van der Waals surface area contributed by atoms with Gasteiger partial charge in [0, 0.05) is 5.41 Å². The molecule has 124 valence electrons. The van der Waals surface area contributed by atoms with Crippen molar-refractivity contribution < 1.29 is 19.1 Å². The van der Waals surface area contributed by atoms with Crippen molar-refractivity contribution in [2.24, 2.45) is 10.8 Å². The van der Waals surface area contributed by atoms with Crippen molar-refractivity contribution in [1.29, 1.82) is 0 Å². The summed E-state index contributed by atoms with van der Waals surface area (Å²) in [5.41, 5.74) is -2.66. The van der Waals surface area contributed by atoms with E-state index in [4.69, 9.17) is 9.16 Å². The van der Waals surface area contributed by atoms with Gasteiger partial charge in [0.2, 0.25) is 0 Å². The lowest BCUT2D eigenvalue weighted by atomic mass is 9.81. The Hall–Kier alpha value is -0.393. The van der Waals surface area contributed by atoms with Gasteiger partial charge in [-0.3, -0.25) is 4.79 Å². The maximum Gasteiger partial charge on any atom is 0.318 e. The van der Waals surface area contributed by atoms with Crippen LogP contribution in [0.2, 0.25) is 18.1 Å². The van der Waals surface area contributed by atoms with Crippen LogP contribution in [-0.2, 0) is 14.0 Å². The Bertz CT molecular complexity index is 429. The topological polar surface area (TPSA) is 55.8 Å². The zero-order valence-electron chi connectivity index (χ0n) is 15.2. The number of aliphatic hydroxyl groups is 1. The molecular weight excluding hydrogens is 284 g/mol. The van der Waals surface area contributed by atoms with E-state index < -0.39 is 24.7 Å². The van der Waals surface area contributed by atoms with Gasteiger partial charge in [-0.2, -0.15) is 0 Å². The van der Waals surface area contributed by atoms with Crippen molar-refractivity contribution in [2.75, 3.05) is 7.11 Å². The Kier molecular flexibility index (Phi) is 4.26. The fourth-order valence-corrected chi connectivity index (χ4v) is 4.73. The maximum absolute atomic E-state index is 12.5. The van der Waals surface area contributed by atoms with E-state index in [1.54, 1.807) is 13.8 Å². The van der Waals surface area contributed by atoms with Gasteiger partial charge >= 0.3 is 5.97 Å². The summed E-state index contributed by atoms with van der Waals surface area (Å²) in [6.07, 6.45) is -0.321. The minimum Gasteiger partial charge on any atom is -0.468 e. The lowest BCUT2D eigenvalue weighted by Gasteiger charge is -2.38. The second-order valence-electron chi connectivity index (χ2n) is 8.84. The number of carbonyl (C=O) groups is 1. The first-order chi connectivity index (χ1) is 9.07. The van der Waals surface area contributed by atoms with Gasteiger partial charge in [-0.15, -0.1) is 0 Å². The minimum absolute atomic E-state index is 0.0487. The first-order valence-corrected chi connectivity index (χ1v) is 10.5. The predicted octanol–water partition coefficient (Wildman–Crippen LogP) is 3.35. The van der Waals surface area contributed by atoms with Crippen LogP contribution < -0.4 is 0 Å². The molecule has 0 radical (unpaired) electrons. The smallest absolute Gasteiger partial charge is 0.318 e. The van der Waals surface area contributed by atoms with E-state index >= 15 is 0 Å². The predicted molar refractivity (Wildman–Crippen MR) is 86.6 cm³/mol. The Balaban J connectivity index is 3.24. The highest BCUT2D eigenvalue weighted by atomic mass is 28.4. The number of esters is 1. The Labute approximate surface area is 130 Å². The average Bonchev–Trinajstić information content (AvgIpc) is 2.72. The molecule has 21 heavy (non-hydrogen) atoms. The zero-order chi connectivity index (χ0) is 17.1. The highest BCUT2D eigenvalue weighted by molar-refractivity contribution is 6.74. The second-order valence-corrected chi connectivity index (χ2v) is 13.6. The normalized spacial score (nSPS) is 29.2. The summed E-state index contributed by atoms with van der Waals surface area (Å²) in [6, 6.07) is 0. The van der Waals surface area contributed by atoms with Gasteiger partial charge in [-0.1, -0.05) is 34.6 Å². The average molecular weight is 317 g/mol. The third-order valence-electron chi connectivity index (χ3n) is 5.67. The molecule has 1 saturated carbocycles. The number of carbonyl (C=O) groups excluding carboxylic acids is 1. The van der Waals surface area contributed by atoms with Crippen molar-refractivity contribution in [3.05, 3.63) is 0 Å². The second kappa shape index (κ2) is 4.80. The van der Waals surface area contributed by atoms with Gasteiger partial charge in [-0.25, -0.2) is 0 Å². The van der Waals surface area contributed by atoms with Gasteiger partial charge in [0.05, 0.1) is 18.8 Å². The number of rotatable bonds is 4. The van der Waals surface area contributed by atoms with Crippen molar-refractivity contribution in [1.82, 2.24) is 0 Å². The largest absolute Gasteiger partial charge is 0.468 e. The maximum atomic E-state index is 12.5. The molecule has 0 aliphatic heterocycles. The highest BCUT2D eigenvalue weighted by Crippen LogP contribution is 2.71. The van der Waals surface area contributed by atoms with Crippen LogP contribution in [0.1, 0.15) is 48.5 Å². The van der Waals surface area contributed by atoms with Gasteiger partial charge in [0.1, 0.15) is 5.41 Å². The van der Waals surface area contributed by atoms with E-state index in [1.807, 2.05) is 13.8 Å². The molecule has 1 fully saturated rings. The molecule has 0 unspecified atom stereocenters. The molecule has 1 aliphatic rings. The number of methoxy groups -OCH3 is 1. The quantitative estimate of drug-likeness (QED) is 0.638.